The van der Waals surface area contributed by atoms with Gasteiger partial charge in [0.1, 0.15) is 0 Å². The van der Waals surface area contributed by atoms with E-state index in [0.29, 0.717) is 0 Å². The van der Waals surface area contributed by atoms with E-state index in [1.165, 1.54) is 24.8 Å². The van der Waals surface area contributed by atoms with Crippen LogP contribution in [-0.2, 0) is 11.3 Å². The number of rotatable bonds is 8. The van der Waals surface area contributed by atoms with Crippen molar-refractivity contribution in [1.82, 2.24) is 5.32 Å². The fourth-order valence-corrected chi connectivity index (χ4v) is 2.04. The molecule has 0 aromatic heterocycles. The van der Waals surface area contributed by atoms with Gasteiger partial charge in [-0.3, -0.25) is 0 Å². The van der Waals surface area contributed by atoms with E-state index in [4.69, 9.17) is 4.74 Å². The smallest absolute Gasteiger partial charge is 0.0494 e. The predicted octanol–water partition coefficient (Wildman–Crippen LogP) is 2.98. The van der Waals surface area contributed by atoms with Gasteiger partial charge in [-0.2, -0.15) is 0 Å². The fraction of sp³-hybridized carbons (Fsp3) is 0.600. The molecule has 0 amide bonds. The summed E-state index contributed by atoms with van der Waals surface area (Å²) in [5, 5.41) is 3.44. The van der Waals surface area contributed by atoms with Crippen LogP contribution in [0.25, 0.3) is 0 Å². The summed E-state index contributed by atoms with van der Waals surface area (Å²) in [4.78, 5) is 0. The molecule has 0 saturated heterocycles. The van der Waals surface area contributed by atoms with Gasteiger partial charge >= 0.3 is 0 Å². The standard InChI is InChI=1S/C15H23NO/c1-2-6-14(7-3-1)12-16-10-5-11-17-13-15-8-4-9-15/h1-3,6-7,15-16H,4-5,8-13H2. The van der Waals surface area contributed by atoms with Crippen LogP contribution in [0.2, 0.25) is 0 Å². The Hall–Kier alpha value is -0.860. The van der Waals surface area contributed by atoms with Gasteiger partial charge in [0.15, 0.2) is 0 Å². The van der Waals surface area contributed by atoms with Gasteiger partial charge in [0.25, 0.3) is 0 Å². The van der Waals surface area contributed by atoms with Crippen LogP contribution in [0.4, 0.5) is 0 Å². The second-order valence-corrected chi connectivity index (χ2v) is 4.89. The van der Waals surface area contributed by atoms with Crippen LogP contribution in [0.1, 0.15) is 31.2 Å². The van der Waals surface area contributed by atoms with Gasteiger partial charge < -0.3 is 10.1 Å². The lowest BCUT2D eigenvalue weighted by atomic mass is 9.86. The molecule has 1 aromatic carbocycles. The monoisotopic (exact) mass is 233 g/mol. The summed E-state index contributed by atoms with van der Waals surface area (Å²) in [6, 6.07) is 10.5. The van der Waals surface area contributed by atoms with Gasteiger partial charge in [0.05, 0.1) is 0 Å². The highest BCUT2D eigenvalue weighted by atomic mass is 16.5. The largest absolute Gasteiger partial charge is 0.381 e. The minimum Gasteiger partial charge on any atom is -0.381 e. The Balaban J connectivity index is 1.41. The predicted molar refractivity (Wildman–Crippen MR) is 70.9 cm³/mol. The topological polar surface area (TPSA) is 21.3 Å². The van der Waals surface area contributed by atoms with Crippen LogP contribution in [0.15, 0.2) is 30.3 Å². The molecule has 1 aliphatic rings. The van der Waals surface area contributed by atoms with Crippen molar-refractivity contribution in [2.75, 3.05) is 19.8 Å². The first kappa shape index (κ1) is 12.6. The summed E-state index contributed by atoms with van der Waals surface area (Å²) in [5.74, 6) is 0.868. The molecule has 1 aromatic rings. The molecule has 2 nitrogen and oxygen atoms in total. The maximum Gasteiger partial charge on any atom is 0.0494 e. The zero-order chi connectivity index (χ0) is 11.8. The maximum atomic E-state index is 5.65. The van der Waals surface area contributed by atoms with Crippen molar-refractivity contribution < 1.29 is 4.74 Å². The van der Waals surface area contributed by atoms with E-state index >= 15 is 0 Å². The first-order valence-corrected chi connectivity index (χ1v) is 6.77. The molecule has 0 bridgehead atoms. The molecule has 0 aliphatic heterocycles. The Kier molecular flexibility index (Phi) is 5.53. The lowest BCUT2D eigenvalue weighted by Gasteiger charge is -2.24. The molecule has 2 heteroatoms. The fourth-order valence-electron chi connectivity index (χ4n) is 2.04. The summed E-state index contributed by atoms with van der Waals surface area (Å²) in [6.45, 7) is 3.89. The van der Waals surface area contributed by atoms with Crippen molar-refractivity contribution in [1.29, 1.82) is 0 Å². The average Bonchev–Trinajstić information content (AvgIpc) is 2.31. The highest BCUT2D eigenvalue weighted by Gasteiger charge is 2.16. The molecule has 17 heavy (non-hydrogen) atoms. The van der Waals surface area contributed by atoms with Crippen molar-refractivity contribution >= 4 is 0 Å². The van der Waals surface area contributed by atoms with Crippen LogP contribution in [0, 0.1) is 5.92 Å². The Labute approximate surface area is 104 Å². The maximum absolute atomic E-state index is 5.65. The molecule has 1 fully saturated rings. The minimum atomic E-state index is 0.868. The first-order valence-electron chi connectivity index (χ1n) is 6.77. The first-order chi connectivity index (χ1) is 8.45. The molecule has 0 spiro atoms. The normalized spacial score (nSPS) is 15.8. The molecule has 0 atom stereocenters. The highest BCUT2D eigenvalue weighted by molar-refractivity contribution is 5.14. The summed E-state index contributed by atoms with van der Waals surface area (Å²) in [7, 11) is 0. The van der Waals surface area contributed by atoms with E-state index in [2.05, 4.69) is 35.6 Å². The van der Waals surface area contributed by atoms with E-state index in [-0.39, 0.29) is 0 Å². The molecule has 0 radical (unpaired) electrons. The Morgan fingerprint density at radius 3 is 2.71 bits per heavy atom. The van der Waals surface area contributed by atoms with Gasteiger partial charge in [0.2, 0.25) is 0 Å². The molecule has 94 valence electrons. The van der Waals surface area contributed by atoms with Crippen molar-refractivity contribution in [3.63, 3.8) is 0 Å². The quantitative estimate of drug-likeness (QED) is 0.697. The number of nitrogens with one attached hydrogen (secondary N) is 1. The average molecular weight is 233 g/mol. The van der Waals surface area contributed by atoms with Crippen molar-refractivity contribution in [3.05, 3.63) is 35.9 Å². The van der Waals surface area contributed by atoms with Crippen LogP contribution >= 0.6 is 0 Å². The Bertz CT molecular complexity index is 295. The van der Waals surface area contributed by atoms with Crippen LogP contribution in [0.3, 0.4) is 0 Å². The second kappa shape index (κ2) is 7.46. The summed E-state index contributed by atoms with van der Waals surface area (Å²) in [6.07, 6.45) is 5.28. The SMILES string of the molecule is c1ccc(CNCCCOCC2CCC2)cc1. The van der Waals surface area contributed by atoms with Crippen LogP contribution in [-0.4, -0.2) is 19.8 Å². The number of ether oxygens (including phenoxy) is 1. The molecule has 1 N–H and O–H groups in total. The van der Waals surface area contributed by atoms with E-state index in [0.717, 1.165) is 38.6 Å². The zero-order valence-electron chi connectivity index (χ0n) is 10.5. The second-order valence-electron chi connectivity index (χ2n) is 4.89. The molecule has 0 heterocycles. The third-order valence-electron chi connectivity index (χ3n) is 3.39. The Morgan fingerprint density at radius 1 is 1.18 bits per heavy atom. The number of hydrogen-bond donors (Lipinski definition) is 1. The molecule has 1 saturated carbocycles. The van der Waals surface area contributed by atoms with Gasteiger partial charge in [-0.1, -0.05) is 36.8 Å². The van der Waals surface area contributed by atoms with Gasteiger partial charge in [-0.15, -0.1) is 0 Å². The van der Waals surface area contributed by atoms with Crippen LogP contribution in [0.5, 0.6) is 0 Å². The third kappa shape index (κ3) is 4.88. The third-order valence-corrected chi connectivity index (χ3v) is 3.39. The lowest BCUT2D eigenvalue weighted by molar-refractivity contribution is 0.0689. The van der Waals surface area contributed by atoms with Crippen molar-refractivity contribution in [3.8, 4) is 0 Å². The molecule has 1 aliphatic carbocycles. The minimum absolute atomic E-state index is 0.868. The van der Waals surface area contributed by atoms with Gasteiger partial charge in [-0.25, -0.2) is 0 Å². The van der Waals surface area contributed by atoms with E-state index < -0.39 is 0 Å². The molecular formula is C15H23NO. The number of benzene rings is 1. The molecule has 2 rings (SSSR count). The summed E-state index contributed by atoms with van der Waals surface area (Å²) in [5.41, 5.74) is 1.35. The highest BCUT2D eigenvalue weighted by Crippen LogP contribution is 2.26. The van der Waals surface area contributed by atoms with Gasteiger partial charge in [-0.05, 0) is 37.3 Å². The van der Waals surface area contributed by atoms with E-state index in [1.54, 1.807) is 0 Å². The number of hydrogen-bond acceptors (Lipinski definition) is 2. The molecular weight excluding hydrogens is 210 g/mol. The summed E-state index contributed by atoms with van der Waals surface area (Å²) < 4.78 is 5.65. The van der Waals surface area contributed by atoms with Crippen molar-refractivity contribution in [2.24, 2.45) is 5.92 Å². The van der Waals surface area contributed by atoms with E-state index in [1.807, 2.05) is 0 Å². The van der Waals surface area contributed by atoms with E-state index in [9.17, 15) is 0 Å². The Morgan fingerprint density at radius 2 is 2.00 bits per heavy atom. The van der Waals surface area contributed by atoms with Crippen LogP contribution < -0.4 is 5.32 Å². The molecule has 0 unspecified atom stereocenters. The van der Waals surface area contributed by atoms with Gasteiger partial charge in [0, 0.05) is 19.8 Å². The lowest BCUT2D eigenvalue weighted by Crippen LogP contribution is -2.20. The van der Waals surface area contributed by atoms with Crippen molar-refractivity contribution in [2.45, 2.75) is 32.2 Å². The zero-order valence-corrected chi connectivity index (χ0v) is 10.5. The summed E-state index contributed by atoms with van der Waals surface area (Å²) >= 11 is 0.